The fourth-order valence-corrected chi connectivity index (χ4v) is 3.56. The lowest BCUT2D eigenvalue weighted by atomic mass is 10.2. The molecule has 0 bridgehead atoms. The molecule has 8 nitrogen and oxygen atoms in total. The normalized spacial score (nSPS) is 10.6. The molecule has 2 aromatic heterocycles. The average Bonchev–Trinajstić information content (AvgIpc) is 3.30. The number of aromatic nitrogens is 2. The molecule has 0 aliphatic rings. The number of benzene rings is 1. The lowest BCUT2D eigenvalue weighted by Crippen LogP contribution is -2.17. The highest BCUT2D eigenvalue weighted by Crippen LogP contribution is 2.31. The summed E-state index contributed by atoms with van der Waals surface area (Å²) < 4.78 is 11.2. The molecular formula is C17H16N4O4S2. The second-order valence-electron chi connectivity index (χ2n) is 5.17. The summed E-state index contributed by atoms with van der Waals surface area (Å²) in [7, 11) is 0. The van der Waals surface area contributed by atoms with Crippen molar-refractivity contribution in [1.82, 2.24) is 10.2 Å². The second-order valence-corrected chi connectivity index (χ2v) is 7.01. The fourth-order valence-electron chi connectivity index (χ4n) is 2.19. The van der Waals surface area contributed by atoms with Gasteiger partial charge in [-0.05, 0) is 30.5 Å². The number of thioether (sulfide) groups is 1. The van der Waals surface area contributed by atoms with Gasteiger partial charge in [-0.15, -0.1) is 21.5 Å². The van der Waals surface area contributed by atoms with E-state index in [1.165, 1.54) is 11.3 Å². The Hall–Kier alpha value is -2.85. The van der Waals surface area contributed by atoms with E-state index >= 15 is 0 Å². The van der Waals surface area contributed by atoms with Crippen molar-refractivity contribution >= 4 is 39.9 Å². The molecule has 0 saturated carbocycles. The van der Waals surface area contributed by atoms with Crippen molar-refractivity contribution in [3.8, 4) is 17.2 Å². The minimum atomic E-state index is -0.589. The second kappa shape index (κ2) is 8.69. The minimum absolute atomic E-state index is 0.0465. The van der Waals surface area contributed by atoms with Crippen LogP contribution >= 0.6 is 23.1 Å². The maximum atomic E-state index is 12.1. The fraction of sp³-hybridized carbons (Fsp3) is 0.176. The van der Waals surface area contributed by atoms with Gasteiger partial charge in [0.25, 0.3) is 17.0 Å². The van der Waals surface area contributed by atoms with E-state index in [0.29, 0.717) is 28.8 Å². The summed E-state index contributed by atoms with van der Waals surface area (Å²) in [6.45, 7) is 2.41. The Bertz CT molecular complexity index is 954. The van der Waals surface area contributed by atoms with Gasteiger partial charge in [0.1, 0.15) is 10.8 Å². The number of nitrogens with one attached hydrogen (secondary N) is 1. The number of primary amides is 1. The number of amides is 2. The van der Waals surface area contributed by atoms with E-state index in [1.807, 2.05) is 31.2 Å². The van der Waals surface area contributed by atoms with Gasteiger partial charge in [0, 0.05) is 0 Å². The largest absolute Gasteiger partial charge is 0.493 e. The van der Waals surface area contributed by atoms with Gasteiger partial charge < -0.3 is 20.2 Å². The first kappa shape index (κ1) is 18.9. The third kappa shape index (κ3) is 4.66. The van der Waals surface area contributed by atoms with Crippen LogP contribution in [0.2, 0.25) is 0 Å². The Balaban J connectivity index is 1.62. The lowest BCUT2D eigenvalue weighted by molar-refractivity contribution is -0.113. The van der Waals surface area contributed by atoms with E-state index in [-0.39, 0.29) is 22.4 Å². The summed E-state index contributed by atoms with van der Waals surface area (Å²) in [6, 6.07) is 8.91. The maximum Gasteiger partial charge on any atom is 0.277 e. The van der Waals surface area contributed by atoms with Crippen molar-refractivity contribution in [3.05, 3.63) is 41.3 Å². The molecule has 140 valence electrons. The summed E-state index contributed by atoms with van der Waals surface area (Å²) >= 11 is 2.32. The summed E-state index contributed by atoms with van der Waals surface area (Å²) in [5.74, 6) is 0.115. The average molecular weight is 404 g/mol. The molecule has 1 aromatic carbocycles. The third-order valence-corrected chi connectivity index (χ3v) is 4.98. The molecule has 0 aliphatic carbocycles. The first-order valence-corrected chi connectivity index (χ1v) is 9.80. The van der Waals surface area contributed by atoms with E-state index in [2.05, 4.69) is 15.5 Å². The molecule has 0 saturated heterocycles. The molecule has 0 aliphatic heterocycles. The maximum absolute atomic E-state index is 12.1. The van der Waals surface area contributed by atoms with Crippen molar-refractivity contribution in [2.24, 2.45) is 5.73 Å². The van der Waals surface area contributed by atoms with Crippen LogP contribution in [0.15, 0.2) is 45.4 Å². The van der Waals surface area contributed by atoms with Gasteiger partial charge in [0.15, 0.2) is 0 Å². The van der Waals surface area contributed by atoms with Gasteiger partial charge in [-0.3, -0.25) is 9.59 Å². The van der Waals surface area contributed by atoms with E-state index < -0.39 is 5.91 Å². The third-order valence-electron chi connectivity index (χ3n) is 3.33. The number of hydrogen-bond acceptors (Lipinski definition) is 8. The van der Waals surface area contributed by atoms with Gasteiger partial charge in [-0.25, -0.2) is 0 Å². The number of hydrogen-bond donors (Lipinski definition) is 2. The van der Waals surface area contributed by atoms with Gasteiger partial charge in [0.2, 0.25) is 5.91 Å². The van der Waals surface area contributed by atoms with Crippen molar-refractivity contribution in [2.75, 3.05) is 17.7 Å². The minimum Gasteiger partial charge on any atom is -0.493 e. The zero-order chi connectivity index (χ0) is 19.2. The molecule has 27 heavy (non-hydrogen) atoms. The molecular weight excluding hydrogens is 388 g/mol. The Kier molecular flexibility index (Phi) is 6.09. The zero-order valence-electron chi connectivity index (χ0n) is 14.3. The number of carbonyl (C=O) groups is 2. The van der Waals surface area contributed by atoms with Crippen LogP contribution < -0.4 is 15.8 Å². The van der Waals surface area contributed by atoms with E-state index in [4.69, 9.17) is 14.9 Å². The first-order chi connectivity index (χ1) is 13.1. The molecule has 0 unspecified atom stereocenters. The molecule has 3 aromatic rings. The number of thiophene rings is 1. The van der Waals surface area contributed by atoms with E-state index in [0.717, 1.165) is 11.8 Å². The van der Waals surface area contributed by atoms with Gasteiger partial charge in [0.05, 0.1) is 23.5 Å². The van der Waals surface area contributed by atoms with Crippen LogP contribution in [0.3, 0.4) is 0 Å². The van der Waals surface area contributed by atoms with E-state index in [1.54, 1.807) is 11.4 Å². The zero-order valence-corrected chi connectivity index (χ0v) is 15.9. The number of rotatable bonds is 8. The Morgan fingerprint density at radius 2 is 2.11 bits per heavy atom. The molecule has 2 amide bonds. The van der Waals surface area contributed by atoms with Crippen LogP contribution in [0.5, 0.6) is 5.75 Å². The number of nitrogens with two attached hydrogens (primary N) is 1. The van der Waals surface area contributed by atoms with Crippen molar-refractivity contribution in [3.63, 3.8) is 0 Å². The Labute approximate surface area is 163 Å². The van der Waals surface area contributed by atoms with Crippen molar-refractivity contribution < 1.29 is 18.7 Å². The molecule has 0 spiro atoms. The number of nitrogens with zero attached hydrogens (tertiary/aromatic N) is 2. The van der Waals surface area contributed by atoms with Crippen LogP contribution in [-0.4, -0.2) is 34.4 Å². The predicted octanol–water partition coefficient (Wildman–Crippen LogP) is 3.03. The standard InChI is InChI=1S/C17H16N4O4S2/c1-2-24-12-6-4-3-5-10(12)15-20-21-17(25-15)27-9-13(22)19-16-11(14(18)23)7-8-26-16/h3-8H,2,9H2,1H3,(H2,18,23)(H,19,22). The van der Waals surface area contributed by atoms with E-state index in [9.17, 15) is 9.59 Å². The first-order valence-electron chi connectivity index (χ1n) is 7.94. The van der Waals surface area contributed by atoms with Gasteiger partial charge >= 0.3 is 0 Å². The Morgan fingerprint density at radius 1 is 1.30 bits per heavy atom. The smallest absolute Gasteiger partial charge is 0.277 e. The summed E-state index contributed by atoms with van der Waals surface area (Å²) in [4.78, 5) is 23.4. The number of anilines is 1. The summed E-state index contributed by atoms with van der Waals surface area (Å²) in [6.07, 6.45) is 0. The molecule has 0 radical (unpaired) electrons. The highest BCUT2D eigenvalue weighted by atomic mass is 32.2. The van der Waals surface area contributed by atoms with Gasteiger partial charge in [-0.2, -0.15) is 0 Å². The topological polar surface area (TPSA) is 120 Å². The summed E-state index contributed by atoms with van der Waals surface area (Å²) in [5.41, 5.74) is 6.23. The number of para-hydroxylation sites is 1. The SMILES string of the molecule is CCOc1ccccc1-c1nnc(SCC(=O)Nc2sccc2C(N)=O)o1. The number of carbonyl (C=O) groups excluding carboxylic acids is 2. The van der Waals surface area contributed by atoms with Crippen molar-refractivity contribution in [2.45, 2.75) is 12.1 Å². The quantitative estimate of drug-likeness (QED) is 0.554. The predicted molar refractivity (Wildman–Crippen MR) is 103 cm³/mol. The molecule has 10 heteroatoms. The number of ether oxygens (including phenoxy) is 1. The molecule has 3 rings (SSSR count). The molecule has 3 N–H and O–H groups in total. The van der Waals surface area contributed by atoms with Crippen LogP contribution in [0.25, 0.3) is 11.5 Å². The Morgan fingerprint density at radius 3 is 2.89 bits per heavy atom. The van der Waals surface area contributed by atoms with Gasteiger partial charge in [-0.1, -0.05) is 23.9 Å². The summed E-state index contributed by atoms with van der Waals surface area (Å²) in [5, 5.41) is 13.0. The van der Waals surface area contributed by atoms with Crippen molar-refractivity contribution in [1.29, 1.82) is 0 Å². The van der Waals surface area contributed by atoms with Crippen LogP contribution in [0, 0.1) is 0 Å². The van der Waals surface area contributed by atoms with Crippen LogP contribution in [-0.2, 0) is 4.79 Å². The van der Waals surface area contributed by atoms with Crippen LogP contribution in [0.1, 0.15) is 17.3 Å². The monoisotopic (exact) mass is 404 g/mol. The van der Waals surface area contributed by atoms with Crippen LogP contribution in [0.4, 0.5) is 5.00 Å². The molecule has 0 atom stereocenters. The molecule has 2 heterocycles. The highest BCUT2D eigenvalue weighted by Gasteiger charge is 2.16. The lowest BCUT2D eigenvalue weighted by Gasteiger charge is -2.06. The molecule has 0 fully saturated rings. The highest BCUT2D eigenvalue weighted by molar-refractivity contribution is 7.99.